The smallest absolute Gasteiger partial charge is 0.256 e. The second-order valence-corrected chi connectivity index (χ2v) is 5.61. The maximum Gasteiger partial charge on any atom is 0.256 e. The number of rotatable bonds is 2. The number of hydrogen-bond acceptors (Lipinski definition) is 2. The first kappa shape index (κ1) is 13.2. The normalized spacial score (nSPS) is 19.5. The summed E-state index contributed by atoms with van der Waals surface area (Å²) in [6.07, 6.45) is 3.96. The standard InChI is InChI=1S/C16H20N2O2/c1-17-9-7-13-5-2-6-14(15(13)17)16(20)18-8-3-4-12(10-18)11-19/h2,5-7,9,12,19H,3-4,8,10-11H2,1H3. The lowest BCUT2D eigenvalue weighted by Crippen LogP contribution is -2.41. The summed E-state index contributed by atoms with van der Waals surface area (Å²) in [7, 11) is 1.96. The van der Waals surface area contributed by atoms with Gasteiger partial charge in [-0.25, -0.2) is 0 Å². The third-order valence-corrected chi connectivity index (χ3v) is 4.19. The zero-order valence-corrected chi connectivity index (χ0v) is 11.7. The predicted octanol–water partition coefficient (Wildman–Crippen LogP) is 2.02. The molecule has 1 aromatic carbocycles. The number of aliphatic hydroxyl groups excluding tert-OH is 1. The van der Waals surface area contributed by atoms with E-state index in [9.17, 15) is 9.90 Å². The number of piperidine rings is 1. The van der Waals surface area contributed by atoms with Gasteiger partial charge >= 0.3 is 0 Å². The molecule has 0 spiro atoms. The number of carbonyl (C=O) groups is 1. The van der Waals surface area contributed by atoms with E-state index in [1.165, 1.54) is 0 Å². The lowest BCUT2D eigenvalue weighted by atomic mass is 9.98. The molecule has 1 atom stereocenters. The minimum Gasteiger partial charge on any atom is -0.396 e. The maximum atomic E-state index is 12.8. The Morgan fingerprint density at radius 2 is 2.25 bits per heavy atom. The van der Waals surface area contributed by atoms with Gasteiger partial charge in [0.1, 0.15) is 0 Å². The van der Waals surface area contributed by atoms with Crippen molar-refractivity contribution in [2.75, 3.05) is 19.7 Å². The number of likely N-dealkylation sites (tertiary alicyclic amines) is 1. The molecule has 2 aromatic rings. The molecule has 1 saturated heterocycles. The van der Waals surface area contributed by atoms with Crippen molar-refractivity contribution in [3.8, 4) is 0 Å². The Labute approximate surface area is 118 Å². The third-order valence-electron chi connectivity index (χ3n) is 4.19. The Hall–Kier alpha value is -1.81. The molecule has 0 bridgehead atoms. The molecule has 1 aromatic heterocycles. The van der Waals surface area contributed by atoms with Crippen molar-refractivity contribution in [3.63, 3.8) is 0 Å². The van der Waals surface area contributed by atoms with Crippen molar-refractivity contribution in [1.82, 2.24) is 9.47 Å². The molecule has 1 amide bonds. The number of hydrogen-bond donors (Lipinski definition) is 1. The Kier molecular flexibility index (Phi) is 3.49. The van der Waals surface area contributed by atoms with Gasteiger partial charge in [0.2, 0.25) is 0 Å². The van der Waals surface area contributed by atoms with Crippen LogP contribution in [0.4, 0.5) is 0 Å². The molecule has 0 radical (unpaired) electrons. The molecule has 1 unspecified atom stereocenters. The number of carbonyl (C=O) groups excluding carboxylic acids is 1. The van der Waals surface area contributed by atoms with E-state index in [4.69, 9.17) is 0 Å². The Morgan fingerprint density at radius 1 is 1.40 bits per heavy atom. The number of amides is 1. The topological polar surface area (TPSA) is 45.5 Å². The van der Waals surface area contributed by atoms with Gasteiger partial charge in [0, 0.05) is 38.3 Å². The number of para-hydroxylation sites is 1. The molecule has 1 fully saturated rings. The van der Waals surface area contributed by atoms with Crippen LogP contribution in [0.1, 0.15) is 23.2 Å². The van der Waals surface area contributed by atoms with Crippen LogP contribution in [0.25, 0.3) is 10.9 Å². The molecule has 1 N–H and O–H groups in total. The highest BCUT2D eigenvalue weighted by Crippen LogP contribution is 2.23. The average Bonchev–Trinajstić information content (AvgIpc) is 2.88. The molecule has 1 aliphatic rings. The van der Waals surface area contributed by atoms with Crippen LogP contribution in [0.3, 0.4) is 0 Å². The van der Waals surface area contributed by atoms with Crippen LogP contribution in [0.15, 0.2) is 30.5 Å². The minimum absolute atomic E-state index is 0.0792. The average molecular weight is 272 g/mol. The van der Waals surface area contributed by atoms with Crippen molar-refractivity contribution < 1.29 is 9.90 Å². The summed E-state index contributed by atoms with van der Waals surface area (Å²) in [5, 5.41) is 10.4. The largest absolute Gasteiger partial charge is 0.396 e. The van der Waals surface area contributed by atoms with Crippen molar-refractivity contribution in [2.45, 2.75) is 12.8 Å². The lowest BCUT2D eigenvalue weighted by Gasteiger charge is -2.32. The second kappa shape index (κ2) is 5.29. The highest BCUT2D eigenvalue weighted by atomic mass is 16.3. The molecule has 0 aliphatic carbocycles. The van der Waals surface area contributed by atoms with E-state index < -0.39 is 0 Å². The fourth-order valence-corrected chi connectivity index (χ4v) is 3.10. The van der Waals surface area contributed by atoms with Crippen LogP contribution in [0.2, 0.25) is 0 Å². The monoisotopic (exact) mass is 272 g/mol. The molecule has 2 heterocycles. The second-order valence-electron chi connectivity index (χ2n) is 5.61. The summed E-state index contributed by atoms with van der Waals surface area (Å²) in [4.78, 5) is 14.6. The summed E-state index contributed by atoms with van der Waals surface area (Å²) < 4.78 is 2.00. The van der Waals surface area contributed by atoms with Gasteiger partial charge in [0.05, 0.1) is 11.1 Å². The van der Waals surface area contributed by atoms with E-state index in [1.807, 2.05) is 47.0 Å². The summed E-state index contributed by atoms with van der Waals surface area (Å²) in [6.45, 7) is 1.62. The molecular formula is C16H20N2O2. The fraction of sp³-hybridized carbons (Fsp3) is 0.438. The van der Waals surface area contributed by atoms with Crippen LogP contribution >= 0.6 is 0 Å². The molecule has 1 aliphatic heterocycles. The van der Waals surface area contributed by atoms with Gasteiger partial charge in [0.15, 0.2) is 0 Å². The van der Waals surface area contributed by atoms with Gasteiger partial charge in [0.25, 0.3) is 5.91 Å². The van der Waals surface area contributed by atoms with E-state index in [-0.39, 0.29) is 18.4 Å². The minimum atomic E-state index is 0.0792. The van der Waals surface area contributed by atoms with Crippen molar-refractivity contribution in [1.29, 1.82) is 0 Å². The van der Waals surface area contributed by atoms with Crippen molar-refractivity contribution in [2.24, 2.45) is 13.0 Å². The van der Waals surface area contributed by atoms with Gasteiger partial charge in [-0.05, 0) is 30.9 Å². The molecule has 4 nitrogen and oxygen atoms in total. The highest BCUT2D eigenvalue weighted by Gasteiger charge is 2.25. The van der Waals surface area contributed by atoms with Crippen LogP contribution in [-0.4, -0.2) is 40.2 Å². The van der Waals surface area contributed by atoms with Crippen molar-refractivity contribution in [3.05, 3.63) is 36.0 Å². The molecule has 20 heavy (non-hydrogen) atoms. The van der Waals surface area contributed by atoms with E-state index in [0.29, 0.717) is 6.54 Å². The van der Waals surface area contributed by atoms with E-state index in [2.05, 4.69) is 0 Å². The number of nitrogens with zero attached hydrogens (tertiary/aromatic N) is 2. The summed E-state index contributed by atoms with van der Waals surface area (Å²) in [5.41, 5.74) is 1.75. The van der Waals surface area contributed by atoms with E-state index in [1.54, 1.807) is 0 Å². The first-order valence-electron chi connectivity index (χ1n) is 7.15. The van der Waals surface area contributed by atoms with Gasteiger partial charge in [-0.2, -0.15) is 0 Å². The summed E-state index contributed by atoms with van der Waals surface area (Å²) in [5.74, 6) is 0.302. The van der Waals surface area contributed by atoms with Crippen LogP contribution in [-0.2, 0) is 7.05 Å². The van der Waals surface area contributed by atoms with Crippen LogP contribution in [0.5, 0.6) is 0 Å². The molecule has 0 saturated carbocycles. The number of benzene rings is 1. The highest BCUT2D eigenvalue weighted by molar-refractivity contribution is 6.06. The predicted molar refractivity (Wildman–Crippen MR) is 78.6 cm³/mol. The van der Waals surface area contributed by atoms with Gasteiger partial charge in [-0.3, -0.25) is 4.79 Å². The van der Waals surface area contributed by atoms with Gasteiger partial charge in [-0.1, -0.05) is 12.1 Å². The first-order valence-corrected chi connectivity index (χ1v) is 7.15. The van der Waals surface area contributed by atoms with Crippen molar-refractivity contribution >= 4 is 16.8 Å². The number of aliphatic hydroxyl groups is 1. The first-order chi connectivity index (χ1) is 9.70. The van der Waals surface area contributed by atoms with E-state index in [0.717, 1.165) is 35.9 Å². The Balaban J connectivity index is 1.94. The molecule has 106 valence electrons. The van der Waals surface area contributed by atoms with Crippen LogP contribution in [0, 0.1) is 5.92 Å². The number of aryl methyl sites for hydroxylation is 1. The van der Waals surface area contributed by atoms with Gasteiger partial charge < -0.3 is 14.6 Å². The third kappa shape index (κ3) is 2.20. The SMILES string of the molecule is Cn1ccc2cccc(C(=O)N3CCCC(CO)C3)c21. The fourth-order valence-electron chi connectivity index (χ4n) is 3.10. The van der Waals surface area contributed by atoms with Crippen LogP contribution < -0.4 is 0 Å². The quantitative estimate of drug-likeness (QED) is 0.909. The maximum absolute atomic E-state index is 12.8. The number of aromatic nitrogens is 1. The zero-order chi connectivity index (χ0) is 14.1. The number of fused-ring (bicyclic) bond motifs is 1. The Bertz CT molecular complexity index is 632. The van der Waals surface area contributed by atoms with Gasteiger partial charge in [-0.15, -0.1) is 0 Å². The lowest BCUT2D eigenvalue weighted by molar-refractivity contribution is 0.0622. The Morgan fingerprint density at radius 3 is 3.05 bits per heavy atom. The van der Waals surface area contributed by atoms with E-state index >= 15 is 0 Å². The molecule has 4 heteroatoms. The summed E-state index contributed by atoms with van der Waals surface area (Å²) in [6, 6.07) is 7.88. The zero-order valence-electron chi connectivity index (χ0n) is 11.7. The molecule has 3 rings (SSSR count). The molecular weight excluding hydrogens is 252 g/mol. The summed E-state index contributed by atoms with van der Waals surface area (Å²) >= 11 is 0.